The van der Waals surface area contributed by atoms with Crippen molar-refractivity contribution in [3.63, 3.8) is 0 Å². The lowest BCUT2D eigenvalue weighted by Crippen LogP contribution is -2.52. The number of carbonyl (C=O) groups is 1. The monoisotopic (exact) mass is 411 g/mol. The Bertz CT molecular complexity index is 803. The van der Waals surface area contributed by atoms with E-state index in [4.69, 9.17) is 4.74 Å². The first-order valence-electron chi connectivity index (χ1n) is 9.15. The van der Waals surface area contributed by atoms with Crippen molar-refractivity contribution in [2.45, 2.75) is 25.4 Å². The van der Waals surface area contributed by atoms with Gasteiger partial charge in [-0.25, -0.2) is 22.4 Å². The van der Waals surface area contributed by atoms with Crippen LogP contribution >= 0.6 is 0 Å². The fraction of sp³-hybridized carbons (Fsp3) is 0.400. The summed E-state index contributed by atoms with van der Waals surface area (Å²) in [6.07, 6.45) is -0.157. The fourth-order valence-electron chi connectivity index (χ4n) is 3.10. The Labute approximate surface area is 165 Å². The SMILES string of the molecule is O=C(OCc1ccc(C(F)F)cc1)N1CCC(CNc2ccncc2)C(F)(F)C1. The molecule has 9 heteroatoms. The Balaban J connectivity index is 1.49. The molecule has 2 aromatic rings. The molecule has 1 aromatic carbocycles. The molecule has 0 saturated carbocycles. The summed E-state index contributed by atoms with van der Waals surface area (Å²) in [5.41, 5.74) is 1.07. The number of benzene rings is 1. The van der Waals surface area contributed by atoms with Crippen LogP contribution in [0.5, 0.6) is 0 Å². The first-order valence-corrected chi connectivity index (χ1v) is 9.15. The molecule has 0 spiro atoms. The van der Waals surface area contributed by atoms with E-state index in [1.807, 2.05) is 0 Å². The van der Waals surface area contributed by atoms with Gasteiger partial charge in [0.1, 0.15) is 6.61 Å². The van der Waals surface area contributed by atoms with E-state index in [1.54, 1.807) is 24.5 Å². The maximum atomic E-state index is 14.5. The van der Waals surface area contributed by atoms with Gasteiger partial charge in [-0.2, -0.15) is 0 Å². The molecule has 1 unspecified atom stereocenters. The number of hydrogen-bond acceptors (Lipinski definition) is 4. The number of pyridine rings is 1. The molecule has 5 nitrogen and oxygen atoms in total. The number of rotatable bonds is 6. The first kappa shape index (κ1) is 20.9. The maximum Gasteiger partial charge on any atom is 0.410 e. The lowest BCUT2D eigenvalue weighted by molar-refractivity contribution is -0.101. The Morgan fingerprint density at radius 1 is 1.21 bits per heavy atom. The van der Waals surface area contributed by atoms with Crippen LogP contribution in [0.1, 0.15) is 24.0 Å². The number of halogens is 4. The van der Waals surface area contributed by atoms with Crippen LogP contribution < -0.4 is 5.32 Å². The number of carbonyl (C=O) groups excluding carboxylic acids is 1. The second-order valence-electron chi connectivity index (χ2n) is 6.88. The largest absolute Gasteiger partial charge is 0.445 e. The van der Waals surface area contributed by atoms with Crippen LogP contribution in [0.15, 0.2) is 48.8 Å². The average molecular weight is 411 g/mol. The third kappa shape index (κ3) is 5.58. The summed E-state index contributed by atoms with van der Waals surface area (Å²) in [7, 11) is 0. The molecule has 1 saturated heterocycles. The van der Waals surface area contributed by atoms with E-state index >= 15 is 0 Å². The Hall–Kier alpha value is -2.84. The standard InChI is InChI=1S/C20H21F4N3O2/c21-18(22)15-3-1-14(2-4-15)12-29-19(28)27-10-7-16(20(23,24)13-27)11-26-17-5-8-25-9-6-17/h1-6,8-9,16,18H,7,10-13H2,(H,25,26). The van der Waals surface area contributed by atoms with E-state index in [9.17, 15) is 22.4 Å². The molecule has 1 aromatic heterocycles. The fourth-order valence-corrected chi connectivity index (χ4v) is 3.10. The van der Waals surface area contributed by atoms with Gasteiger partial charge in [-0.05, 0) is 24.1 Å². The Kier molecular flexibility index (Phi) is 6.56. The van der Waals surface area contributed by atoms with E-state index in [0.29, 0.717) is 11.3 Å². The summed E-state index contributed by atoms with van der Waals surface area (Å²) in [5.74, 6) is -3.97. The normalized spacial score (nSPS) is 18.5. The molecule has 1 atom stereocenters. The van der Waals surface area contributed by atoms with Crippen LogP contribution in [0, 0.1) is 5.92 Å². The number of alkyl halides is 4. The molecule has 1 aliphatic heterocycles. The molecule has 1 amide bonds. The molecule has 156 valence electrons. The van der Waals surface area contributed by atoms with Gasteiger partial charge in [-0.15, -0.1) is 0 Å². The van der Waals surface area contributed by atoms with Crippen molar-refractivity contribution in [2.24, 2.45) is 5.92 Å². The highest BCUT2D eigenvalue weighted by Gasteiger charge is 2.46. The zero-order valence-electron chi connectivity index (χ0n) is 15.5. The second kappa shape index (κ2) is 9.11. The van der Waals surface area contributed by atoms with Crippen molar-refractivity contribution in [2.75, 3.05) is 25.0 Å². The van der Waals surface area contributed by atoms with E-state index in [2.05, 4.69) is 10.3 Å². The molecular formula is C20H21F4N3O2. The van der Waals surface area contributed by atoms with Crippen molar-refractivity contribution in [3.8, 4) is 0 Å². The zero-order valence-corrected chi connectivity index (χ0v) is 15.5. The third-order valence-electron chi connectivity index (χ3n) is 4.83. The predicted octanol–water partition coefficient (Wildman–Crippen LogP) is 4.73. The van der Waals surface area contributed by atoms with Gasteiger partial charge in [0.05, 0.1) is 6.54 Å². The topological polar surface area (TPSA) is 54.5 Å². The lowest BCUT2D eigenvalue weighted by Gasteiger charge is -2.37. The maximum absolute atomic E-state index is 14.5. The van der Waals surface area contributed by atoms with E-state index in [0.717, 1.165) is 4.90 Å². The summed E-state index contributed by atoms with van der Waals surface area (Å²) < 4.78 is 59.1. The number of piperidine rings is 1. The number of ether oxygens (including phenoxy) is 1. The number of anilines is 1. The van der Waals surface area contributed by atoms with E-state index in [-0.39, 0.29) is 31.7 Å². The number of aromatic nitrogens is 1. The minimum Gasteiger partial charge on any atom is -0.445 e. The van der Waals surface area contributed by atoms with Crippen LogP contribution in [0.2, 0.25) is 0 Å². The van der Waals surface area contributed by atoms with Crippen LogP contribution in [0.25, 0.3) is 0 Å². The third-order valence-corrected chi connectivity index (χ3v) is 4.83. The van der Waals surface area contributed by atoms with Crippen LogP contribution in [-0.4, -0.2) is 41.5 Å². The second-order valence-corrected chi connectivity index (χ2v) is 6.88. The van der Waals surface area contributed by atoms with Crippen molar-refractivity contribution >= 4 is 11.8 Å². The molecule has 1 N–H and O–H groups in total. The summed E-state index contributed by atoms with van der Waals surface area (Å²) in [6.45, 7) is -0.659. The van der Waals surface area contributed by atoms with Crippen LogP contribution in [0.3, 0.4) is 0 Å². The van der Waals surface area contributed by atoms with Crippen LogP contribution in [0.4, 0.5) is 28.0 Å². The molecule has 0 bridgehead atoms. The molecule has 2 heterocycles. The Morgan fingerprint density at radius 2 is 1.90 bits per heavy atom. The molecule has 0 radical (unpaired) electrons. The smallest absolute Gasteiger partial charge is 0.410 e. The van der Waals surface area contributed by atoms with Gasteiger partial charge in [0, 0.05) is 42.7 Å². The van der Waals surface area contributed by atoms with Gasteiger partial charge in [0.2, 0.25) is 0 Å². The van der Waals surface area contributed by atoms with Gasteiger partial charge in [-0.3, -0.25) is 4.98 Å². The van der Waals surface area contributed by atoms with Crippen molar-refractivity contribution < 1.29 is 27.1 Å². The van der Waals surface area contributed by atoms with Crippen molar-refractivity contribution in [1.82, 2.24) is 9.88 Å². The molecular weight excluding hydrogens is 390 g/mol. The summed E-state index contributed by atoms with van der Waals surface area (Å²) in [4.78, 5) is 17.0. The number of nitrogens with one attached hydrogen (secondary N) is 1. The molecule has 1 aliphatic rings. The summed E-state index contributed by atoms with van der Waals surface area (Å²) in [6, 6.07) is 8.70. The van der Waals surface area contributed by atoms with Crippen molar-refractivity contribution in [1.29, 1.82) is 0 Å². The average Bonchev–Trinajstić information content (AvgIpc) is 2.71. The predicted molar refractivity (Wildman–Crippen MR) is 98.9 cm³/mol. The zero-order chi connectivity index (χ0) is 20.9. The number of hydrogen-bond donors (Lipinski definition) is 1. The Morgan fingerprint density at radius 3 is 2.52 bits per heavy atom. The van der Waals surface area contributed by atoms with Gasteiger partial charge in [0.25, 0.3) is 12.3 Å². The van der Waals surface area contributed by atoms with Crippen LogP contribution in [-0.2, 0) is 11.3 Å². The number of amides is 1. The van der Waals surface area contributed by atoms with E-state index in [1.165, 1.54) is 24.3 Å². The highest BCUT2D eigenvalue weighted by molar-refractivity contribution is 5.68. The number of likely N-dealkylation sites (tertiary alicyclic amines) is 1. The van der Waals surface area contributed by atoms with Gasteiger partial charge >= 0.3 is 6.09 Å². The quantitative estimate of drug-likeness (QED) is 0.699. The molecule has 3 rings (SSSR count). The highest BCUT2D eigenvalue weighted by atomic mass is 19.3. The number of nitrogens with zero attached hydrogens (tertiary/aromatic N) is 2. The molecule has 29 heavy (non-hydrogen) atoms. The summed E-state index contributed by atoms with van der Waals surface area (Å²) in [5, 5.41) is 2.97. The summed E-state index contributed by atoms with van der Waals surface area (Å²) >= 11 is 0. The molecule has 0 aliphatic carbocycles. The van der Waals surface area contributed by atoms with E-state index < -0.39 is 30.9 Å². The minimum absolute atomic E-state index is 0.0797. The van der Waals surface area contributed by atoms with Gasteiger partial charge < -0.3 is 15.0 Å². The molecule has 1 fully saturated rings. The lowest BCUT2D eigenvalue weighted by atomic mass is 9.93. The van der Waals surface area contributed by atoms with Gasteiger partial charge in [0.15, 0.2) is 0 Å². The highest BCUT2D eigenvalue weighted by Crippen LogP contribution is 2.33. The van der Waals surface area contributed by atoms with Crippen molar-refractivity contribution in [3.05, 3.63) is 59.9 Å². The first-order chi connectivity index (χ1) is 13.8. The minimum atomic E-state index is -3.06. The van der Waals surface area contributed by atoms with Gasteiger partial charge in [-0.1, -0.05) is 24.3 Å².